The first-order chi connectivity index (χ1) is 9.35. The number of benzene rings is 1. The van der Waals surface area contributed by atoms with Crippen molar-refractivity contribution < 1.29 is 0 Å². The van der Waals surface area contributed by atoms with Crippen LogP contribution in [0.15, 0.2) is 30.3 Å². The van der Waals surface area contributed by atoms with E-state index in [4.69, 9.17) is 5.26 Å². The van der Waals surface area contributed by atoms with E-state index in [0.717, 1.165) is 5.25 Å². The van der Waals surface area contributed by atoms with Gasteiger partial charge in [-0.3, -0.25) is 0 Å². The van der Waals surface area contributed by atoms with Crippen molar-refractivity contribution in [2.45, 2.75) is 49.9 Å². The molecule has 0 amide bonds. The highest BCUT2D eigenvalue weighted by Crippen LogP contribution is 2.32. The molecule has 2 nitrogen and oxygen atoms in total. The summed E-state index contributed by atoms with van der Waals surface area (Å²) >= 11 is 2.06. The van der Waals surface area contributed by atoms with Crippen LogP contribution in [0.5, 0.6) is 0 Å². The van der Waals surface area contributed by atoms with Crippen molar-refractivity contribution in [3.8, 4) is 6.07 Å². The van der Waals surface area contributed by atoms with Gasteiger partial charge in [0.1, 0.15) is 0 Å². The summed E-state index contributed by atoms with van der Waals surface area (Å²) in [5, 5.41) is 13.5. The van der Waals surface area contributed by atoms with Crippen molar-refractivity contribution in [2.24, 2.45) is 0 Å². The lowest BCUT2D eigenvalue weighted by atomic mass is 10.0. The van der Waals surface area contributed by atoms with Crippen LogP contribution in [0.25, 0.3) is 0 Å². The molecule has 1 N–H and O–H groups in total. The quantitative estimate of drug-likeness (QED) is 0.854. The van der Waals surface area contributed by atoms with Crippen molar-refractivity contribution in [1.29, 1.82) is 5.26 Å². The van der Waals surface area contributed by atoms with E-state index < -0.39 is 0 Å². The Kier molecular flexibility index (Phi) is 5.75. The molecule has 1 aromatic carbocycles. The molecular formula is C16H22N2S. The minimum atomic E-state index is 0.175. The maximum Gasteiger partial charge on any atom is 0.0641 e. The topological polar surface area (TPSA) is 35.8 Å². The zero-order valence-electron chi connectivity index (χ0n) is 11.5. The third-order valence-electron chi connectivity index (χ3n) is 3.75. The van der Waals surface area contributed by atoms with Gasteiger partial charge in [-0.1, -0.05) is 43.7 Å². The first-order valence-corrected chi connectivity index (χ1v) is 8.19. The highest BCUT2D eigenvalue weighted by Gasteiger charge is 2.29. The van der Waals surface area contributed by atoms with Gasteiger partial charge >= 0.3 is 0 Å². The number of hydrogen-bond donors (Lipinski definition) is 1. The molecule has 0 bridgehead atoms. The molecule has 1 fully saturated rings. The number of thioether (sulfide) groups is 1. The van der Waals surface area contributed by atoms with Crippen LogP contribution in [0, 0.1) is 11.3 Å². The van der Waals surface area contributed by atoms with E-state index in [1.807, 2.05) is 18.2 Å². The van der Waals surface area contributed by atoms with Crippen LogP contribution < -0.4 is 5.32 Å². The van der Waals surface area contributed by atoms with Crippen LogP contribution in [-0.4, -0.2) is 17.0 Å². The number of hydrogen-bond acceptors (Lipinski definition) is 3. The minimum Gasteiger partial charge on any atom is -0.305 e. The summed E-state index contributed by atoms with van der Waals surface area (Å²) in [6, 6.07) is 13.4. The van der Waals surface area contributed by atoms with Crippen LogP contribution in [-0.2, 0) is 0 Å². The Balaban J connectivity index is 2.03. The third kappa shape index (κ3) is 3.99. The van der Waals surface area contributed by atoms with E-state index in [2.05, 4.69) is 42.2 Å². The largest absolute Gasteiger partial charge is 0.305 e. The molecule has 3 heteroatoms. The van der Waals surface area contributed by atoms with Crippen molar-refractivity contribution in [1.82, 2.24) is 5.32 Å². The summed E-state index contributed by atoms with van der Waals surface area (Å²) in [7, 11) is 0. The second kappa shape index (κ2) is 7.57. The summed E-state index contributed by atoms with van der Waals surface area (Å²) in [4.78, 5) is 0. The van der Waals surface area contributed by atoms with Gasteiger partial charge in [0.2, 0.25) is 0 Å². The first kappa shape index (κ1) is 14.4. The maximum atomic E-state index is 9.05. The predicted octanol–water partition coefficient (Wildman–Crippen LogP) is 3.91. The molecule has 0 spiro atoms. The van der Waals surface area contributed by atoms with Crippen LogP contribution in [0.2, 0.25) is 0 Å². The Morgan fingerprint density at radius 3 is 2.84 bits per heavy atom. The minimum absolute atomic E-state index is 0.175. The molecule has 19 heavy (non-hydrogen) atoms. The van der Waals surface area contributed by atoms with Gasteiger partial charge in [-0.05, 0) is 24.2 Å². The van der Waals surface area contributed by atoms with Gasteiger partial charge in [0.15, 0.2) is 0 Å². The van der Waals surface area contributed by atoms with E-state index in [9.17, 15) is 0 Å². The number of nitrogens with zero attached hydrogens (tertiary/aromatic N) is 1. The molecule has 0 aromatic heterocycles. The van der Waals surface area contributed by atoms with E-state index in [0.29, 0.717) is 12.5 Å². The molecule has 102 valence electrons. The van der Waals surface area contributed by atoms with Crippen molar-refractivity contribution >= 4 is 11.8 Å². The molecule has 1 saturated carbocycles. The molecule has 3 unspecified atom stereocenters. The Hall–Kier alpha value is -0.980. The predicted molar refractivity (Wildman–Crippen MR) is 82.1 cm³/mol. The van der Waals surface area contributed by atoms with Crippen LogP contribution in [0.1, 0.15) is 44.2 Å². The van der Waals surface area contributed by atoms with Crippen molar-refractivity contribution in [3.63, 3.8) is 0 Å². The Labute approximate surface area is 120 Å². The van der Waals surface area contributed by atoms with Gasteiger partial charge < -0.3 is 5.32 Å². The first-order valence-electron chi connectivity index (χ1n) is 7.14. The smallest absolute Gasteiger partial charge is 0.0641 e. The van der Waals surface area contributed by atoms with Gasteiger partial charge in [-0.25, -0.2) is 0 Å². The lowest BCUT2D eigenvalue weighted by Crippen LogP contribution is -2.37. The van der Waals surface area contributed by atoms with Gasteiger partial charge in [0.25, 0.3) is 0 Å². The van der Waals surface area contributed by atoms with Crippen molar-refractivity contribution in [3.05, 3.63) is 35.9 Å². The van der Waals surface area contributed by atoms with E-state index >= 15 is 0 Å². The molecule has 0 saturated heterocycles. The molecule has 1 aromatic rings. The third-order valence-corrected chi connectivity index (χ3v) is 5.07. The molecule has 1 aliphatic rings. The Morgan fingerprint density at radius 1 is 1.37 bits per heavy atom. The highest BCUT2D eigenvalue weighted by atomic mass is 32.2. The number of rotatable bonds is 6. The Bertz CT molecular complexity index is 413. The number of nitrogens with one attached hydrogen (secondary N) is 1. The van der Waals surface area contributed by atoms with E-state index in [1.165, 1.54) is 30.6 Å². The molecular weight excluding hydrogens is 252 g/mol. The van der Waals surface area contributed by atoms with E-state index in [1.54, 1.807) is 0 Å². The lowest BCUT2D eigenvalue weighted by molar-refractivity contribution is 0.449. The lowest BCUT2D eigenvalue weighted by Gasteiger charge is -2.26. The highest BCUT2D eigenvalue weighted by molar-refractivity contribution is 7.99. The van der Waals surface area contributed by atoms with Gasteiger partial charge in [0.05, 0.1) is 12.5 Å². The average molecular weight is 274 g/mol. The molecule has 2 rings (SSSR count). The molecule has 0 aliphatic heterocycles. The molecule has 3 atom stereocenters. The van der Waals surface area contributed by atoms with Gasteiger partial charge in [-0.15, -0.1) is 0 Å². The monoisotopic (exact) mass is 274 g/mol. The normalized spacial score (nSPS) is 24.0. The van der Waals surface area contributed by atoms with Crippen LogP contribution >= 0.6 is 11.8 Å². The fourth-order valence-corrected chi connectivity index (χ4v) is 4.05. The summed E-state index contributed by atoms with van der Waals surface area (Å²) in [5.41, 5.74) is 1.23. The second-order valence-corrected chi connectivity index (χ2v) is 6.54. The zero-order valence-corrected chi connectivity index (χ0v) is 12.3. The number of nitriles is 1. The summed E-state index contributed by atoms with van der Waals surface area (Å²) < 4.78 is 0. The Morgan fingerprint density at radius 2 is 2.16 bits per heavy atom. The van der Waals surface area contributed by atoms with Crippen LogP contribution in [0.4, 0.5) is 0 Å². The second-order valence-electron chi connectivity index (χ2n) is 5.02. The van der Waals surface area contributed by atoms with Crippen molar-refractivity contribution in [2.75, 3.05) is 5.75 Å². The summed E-state index contributed by atoms with van der Waals surface area (Å²) in [5.74, 6) is 1.18. The summed E-state index contributed by atoms with van der Waals surface area (Å²) in [6.07, 6.45) is 4.41. The zero-order chi connectivity index (χ0) is 13.5. The van der Waals surface area contributed by atoms with Gasteiger partial charge in [-0.2, -0.15) is 17.0 Å². The average Bonchev–Trinajstić information content (AvgIpc) is 2.87. The molecule has 1 aliphatic carbocycles. The fraction of sp³-hybridized carbons (Fsp3) is 0.562. The molecule has 0 radical (unpaired) electrons. The van der Waals surface area contributed by atoms with Gasteiger partial charge in [0, 0.05) is 17.3 Å². The fourth-order valence-electron chi connectivity index (χ4n) is 2.84. The summed E-state index contributed by atoms with van der Waals surface area (Å²) in [6.45, 7) is 2.23. The molecule has 0 heterocycles. The maximum absolute atomic E-state index is 9.05. The standard InChI is InChI=1S/C16H22N2S/c1-2-19-16-10-6-9-15(16)18-14(11-12-17)13-7-4-3-5-8-13/h3-5,7-8,14-16,18H,2,6,9-11H2,1H3. The van der Waals surface area contributed by atoms with E-state index in [-0.39, 0.29) is 6.04 Å². The SMILES string of the molecule is CCSC1CCCC1NC(CC#N)c1ccccc1. The van der Waals surface area contributed by atoms with Crippen LogP contribution in [0.3, 0.4) is 0 Å².